The summed E-state index contributed by atoms with van der Waals surface area (Å²) in [5.74, 6) is -0.898. The van der Waals surface area contributed by atoms with Crippen LogP contribution in [0.25, 0.3) is 0 Å². The number of esters is 1. The molecule has 6 heteroatoms. The number of rotatable bonds is 5. The molecule has 0 amide bonds. The zero-order valence-electron chi connectivity index (χ0n) is 9.60. The van der Waals surface area contributed by atoms with Gasteiger partial charge in [-0.3, -0.25) is 4.79 Å². The van der Waals surface area contributed by atoms with E-state index in [0.717, 1.165) is 0 Å². The molecule has 0 aromatic rings. The van der Waals surface area contributed by atoms with Gasteiger partial charge in [-0.1, -0.05) is 0 Å². The van der Waals surface area contributed by atoms with Crippen LogP contribution in [0.15, 0.2) is 0 Å². The zero-order valence-corrected chi connectivity index (χ0v) is 9.60. The molecule has 1 saturated heterocycles. The molecular weight excluding hydrogens is 216 g/mol. The van der Waals surface area contributed by atoms with E-state index in [1.165, 1.54) is 6.92 Å². The molecule has 0 aliphatic carbocycles. The third-order valence-electron chi connectivity index (χ3n) is 2.01. The fourth-order valence-electron chi connectivity index (χ4n) is 1.34. The summed E-state index contributed by atoms with van der Waals surface area (Å²) < 4.78 is 20.1. The first-order valence-corrected chi connectivity index (χ1v) is 5.19. The Morgan fingerprint density at radius 3 is 2.25 bits per heavy atom. The number of Topliss-reactive ketones (excluding diaryl/α,β-unsaturated/α-hetero) is 1. The molecular formula is C10H16O6. The lowest BCUT2D eigenvalue weighted by atomic mass is 10.1. The Hall–Kier alpha value is -0.980. The van der Waals surface area contributed by atoms with Crippen LogP contribution in [0.1, 0.15) is 20.8 Å². The van der Waals surface area contributed by atoms with Gasteiger partial charge in [0.1, 0.15) is 0 Å². The van der Waals surface area contributed by atoms with Gasteiger partial charge in [0.2, 0.25) is 0 Å². The molecule has 1 unspecified atom stereocenters. The van der Waals surface area contributed by atoms with Crippen molar-refractivity contribution in [3.8, 4) is 0 Å². The molecule has 92 valence electrons. The summed E-state index contributed by atoms with van der Waals surface area (Å²) in [5, 5.41) is 0. The van der Waals surface area contributed by atoms with E-state index in [4.69, 9.17) is 18.9 Å². The third kappa shape index (κ3) is 3.01. The van der Waals surface area contributed by atoms with Crippen molar-refractivity contribution in [1.29, 1.82) is 0 Å². The monoisotopic (exact) mass is 232 g/mol. The third-order valence-corrected chi connectivity index (χ3v) is 2.01. The van der Waals surface area contributed by atoms with Gasteiger partial charge in [-0.05, 0) is 20.8 Å². The molecule has 0 radical (unpaired) electrons. The van der Waals surface area contributed by atoms with Gasteiger partial charge in [-0.25, -0.2) is 4.79 Å². The van der Waals surface area contributed by atoms with Crippen molar-refractivity contribution in [3.05, 3.63) is 0 Å². The van der Waals surface area contributed by atoms with Crippen LogP contribution in [0.5, 0.6) is 0 Å². The molecule has 0 saturated carbocycles. The average molecular weight is 232 g/mol. The number of ether oxygens (including phenoxy) is 4. The molecule has 1 rings (SSSR count). The fraction of sp³-hybridized carbons (Fsp3) is 0.800. The van der Waals surface area contributed by atoms with Crippen molar-refractivity contribution >= 4 is 11.8 Å². The largest absolute Gasteiger partial charge is 0.464 e. The molecule has 3 atom stereocenters. The number of carbonyl (C=O) groups excluding carboxylic acids is 2. The maximum atomic E-state index is 11.5. The fourth-order valence-corrected chi connectivity index (χ4v) is 1.34. The quantitative estimate of drug-likeness (QED) is 0.632. The number of ketones is 1. The second kappa shape index (κ2) is 5.93. The van der Waals surface area contributed by atoms with Crippen LogP contribution >= 0.6 is 0 Å². The van der Waals surface area contributed by atoms with E-state index in [9.17, 15) is 9.59 Å². The second-order valence-electron chi connectivity index (χ2n) is 3.22. The smallest absolute Gasteiger partial charge is 0.338 e. The van der Waals surface area contributed by atoms with E-state index in [-0.39, 0.29) is 12.4 Å². The summed E-state index contributed by atoms with van der Waals surface area (Å²) in [6, 6.07) is 0. The molecule has 1 fully saturated rings. The Morgan fingerprint density at radius 1 is 1.12 bits per heavy atom. The second-order valence-corrected chi connectivity index (χ2v) is 3.22. The molecule has 6 nitrogen and oxygen atoms in total. The highest BCUT2D eigenvalue weighted by Gasteiger charge is 2.44. The van der Waals surface area contributed by atoms with Crippen LogP contribution in [0, 0.1) is 0 Å². The minimum Gasteiger partial charge on any atom is -0.464 e. The van der Waals surface area contributed by atoms with Gasteiger partial charge in [0.05, 0.1) is 6.61 Å². The first kappa shape index (κ1) is 13.1. The van der Waals surface area contributed by atoms with Crippen molar-refractivity contribution in [3.63, 3.8) is 0 Å². The van der Waals surface area contributed by atoms with E-state index in [1.54, 1.807) is 13.8 Å². The first-order chi connectivity index (χ1) is 7.60. The topological polar surface area (TPSA) is 71.1 Å². The van der Waals surface area contributed by atoms with E-state index in [1.807, 2.05) is 0 Å². The standard InChI is InChI=1S/C10H16O6/c1-4-13-9(12)8-7(6(3)11)15-10(16-8)14-5-2/h7-8,10H,4-5H2,1-3H3/t7-,8+,10?/m1/s1. The lowest BCUT2D eigenvalue weighted by Crippen LogP contribution is -2.37. The number of hydrogen-bond acceptors (Lipinski definition) is 6. The molecule has 0 aromatic carbocycles. The number of carbonyl (C=O) groups is 2. The summed E-state index contributed by atoms with van der Waals surface area (Å²) in [6.45, 7) is 4.37. The lowest BCUT2D eigenvalue weighted by molar-refractivity contribution is -0.240. The molecule has 0 spiro atoms. The molecule has 1 aliphatic rings. The minimum absolute atomic E-state index is 0.225. The Balaban J connectivity index is 2.65. The molecule has 0 N–H and O–H groups in total. The van der Waals surface area contributed by atoms with E-state index in [0.29, 0.717) is 6.61 Å². The highest BCUT2D eigenvalue weighted by molar-refractivity contribution is 5.89. The zero-order chi connectivity index (χ0) is 12.1. The Morgan fingerprint density at radius 2 is 1.75 bits per heavy atom. The van der Waals surface area contributed by atoms with E-state index in [2.05, 4.69) is 0 Å². The Labute approximate surface area is 93.8 Å². The van der Waals surface area contributed by atoms with Gasteiger partial charge in [-0.2, -0.15) is 0 Å². The van der Waals surface area contributed by atoms with Crippen LogP contribution in [0.2, 0.25) is 0 Å². The molecule has 1 aliphatic heterocycles. The highest BCUT2D eigenvalue weighted by Crippen LogP contribution is 2.22. The van der Waals surface area contributed by atoms with Gasteiger partial charge in [0.25, 0.3) is 6.48 Å². The summed E-state index contributed by atoms with van der Waals surface area (Å²) in [4.78, 5) is 22.7. The summed E-state index contributed by atoms with van der Waals surface area (Å²) >= 11 is 0. The molecule has 1 heterocycles. The molecule has 0 bridgehead atoms. The van der Waals surface area contributed by atoms with Crippen molar-refractivity contribution in [1.82, 2.24) is 0 Å². The van der Waals surface area contributed by atoms with Crippen molar-refractivity contribution in [2.45, 2.75) is 39.5 Å². The van der Waals surface area contributed by atoms with Crippen LogP contribution in [0.3, 0.4) is 0 Å². The Bertz CT molecular complexity index is 264. The van der Waals surface area contributed by atoms with Crippen molar-refractivity contribution < 1.29 is 28.5 Å². The highest BCUT2D eigenvalue weighted by atomic mass is 16.9. The Kier molecular flexibility index (Phi) is 4.85. The molecule has 0 aromatic heterocycles. The van der Waals surface area contributed by atoms with E-state index < -0.39 is 24.7 Å². The van der Waals surface area contributed by atoms with E-state index >= 15 is 0 Å². The first-order valence-electron chi connectivity index (χ1n) is 5.19. The van der Waals surface area contributed by atoms with Crippen LogP contribution in [-0.2, 0) is 28.5 Å². The predicted molar refractivity (Wildman–Crippen MR) is 52.5 cm³/mol. The van der Waals surface area contributed by atoms with Gasteiger partial charge < -0.3 is 18.9 Å². The summed E-state index contributed by atoms with van der Waals surface area (Å²) in [7, 11) is 0. The van der Waals surface area contributed by atoms with Crippen LogP contribution < -0.4 is 0 Å². The minimum atomic E-state index is -1.03. The number of hydrogen-bond donors (Lipinski definition) is 0. The summed E-state index contributed by atoms with van der Waals surface area (Å²) in [6.07, 6.45) is -1.98. The summed E-state index contributed by atoms with van der Waals surface area (Å²) in [5.41, 5.74) is 0. The SMILES string of the molecule is CCOC(=O)[C@H]1OC(OCC)O[C@@H]1C(C)=O. The van der Waals surface area contributed by atoms with Crippen molar-refractivity contribution in [2.75, 3.05) is 13.2 Å². The van der Waals surface area contributed by atoms with Crippen molar-refractivity contribution in [2.24, 2.45) is 0 Å². The lowest BCUT2D eigenvalue weighted by Gasteiger charge is -2.11. The maximum absolute atomic E-state index is 11.5. The van der Waals surface area contributed by atoms with Gasteiger partial charge in [-0.15, -0.1) is 0 Å². The van der Waals surface area contributed by atoms with Gasteiger partial charge >= 0.3 is 5.97 Å². The molecule has 16 heavy (non-hydrogen) atoms. The van der Waals surface area contributed by atoms with Crippen LogP contribution in [0.4, 0.5) is 0 Å². The van der Waals surface area contributed by atoms with Gasteiger partial charge in [0, 0.05) is 6.61 Å². The van der Waals surface area contributed by atoms with Crippen LogP contribution in [-0.4, -0.2) is 43.7 Å². The van der Waals surface area contributed by atoms with Gasteiger partial charge in [0.15, 0.2) is 18.0 Å². The average Bonchev–Trinajstić information content (AvgIpc) is 2.63. The normalized spacial score (nSPS) is 29.1. The predicted octanol–water partition coefficient (Wildman–Crippen LogP) is 0.243. The maximum Gasteiger partial charge on any atom is 0.338 e.